The first-order valence-electron chi connectivity index (χ1n) is 6.28. The third kappa shape index (κ3) is 2.62. The number of thioether (sulfide) groups is 1. The third-order valence-electron chi connectivity index (χ3n) is 3.05. The van der Waals surface area contributed by atoms with Crippen LogP contribution in [0.4, 0.5) is 0 Å². The second kappa shape index (κ2) is 5.57. The number of hydrogen-bond acceptors (Lipinski definition) is 5. The quantitative estimate of drug-likeness (QED) is 0.515. The molecule has 0 bridgehead atoms. The minimum absolute atomic E-state index is 0.0179. The highest BCUT2D eigenvalue weighted by Gasteiger charge is 2.16. The molecule has 5 nitrogen and oxygen atoms in total. The smallest absolute Gasteiger partial charge is 0.231 e. The second-order valence-electron chi connectivity index (χ2n) is 4.36. The third-order valence-corrected chi connectivity index (χ3v) is 3.83. The number of amidine groups is 1. The Kier molecular flexibility index (Phi) is 3.62. The van der Waals surface area contributed by atoms with Crippen LogP contribution in [0.3, 0.4) is 0 Å². The Bertz CT molecular complexity index is 703. The average molecular weight is 302 g/mol. The Hall–Kier alpha value is -2.34. The molecule has 0 atom stereocenters. The summed E-state index contributed by atoms with van der Waals surface area (Å²) in [4.78, 5) is 0.903. The molecule has 6 heteroatoms. The Morgan fingerprint density at radius 3 is 2.81 bits per heavy atom. The van der Waals surface area contributed by atoms with Gasteiger partial charge in [0.2, 0.25) is 6.79 Å². The van der Waals surface area contributed by atoms with E-state index in [1.54, 1.807) is 24.3 Å². The van der Waals surface area contributed by atoms with Gasteiger partial charge in [-0.2, -0.15) is 0 Å². The molecular formula is C15H14N2O3S. The van der Waals surface area contributed by atoms with Gasteiger partial charge in [-0.25, -0.2) is 0 Å². The van der Waals surface area contributed by atoms with E-state index in [9.17, 15) is 0 Å². The Morgan fingerprint density at radius 2 is 2.05 bits per heavy atom. The highest BCUT2D eigenvalue weighted by atomic mass is 32.2. The maximum atomic E-state index is 7.75. The van der Waals surface area contributed by atoms with Gasteiger partial charge in [0, 0.05) is 11.0 Å². The van der Waals surface area contributed by atoms with Crippen molar-refractivity contribution in [3.05, 3.63) is 42.0 Å². The second-order valence-corrected chi connectivity index (χ2v) is 5.21. The molecule has 0 aromatic heterocycles. The van der Waals surface area contributed by atoms with Gasteiger partial charge in [-0.3, -0.25) is 5.41 Å². The molecule has 0 spiro atoms. The largest absolute Gasteiger partial charge is 0.456 e. The van der Waals surface area contributed by atoms with Crippen molar-refractivity contribution in [2.45, 2.75) is 4.90 Å². The van der Waals surface area contributed by atoms with Crippen LogP contribution in [0.25, 0.3) is 0 Å². The van der Waals surface area contributed by atoms with E-state index >= 15 is 0 Å². The molecule has 0 saturated carbocycles. The van der Waals surface area contributed by atoms with Crippen molar-refractivity contribution in [1.29, 1.82) is 5.41 Å². The summed E-state index contributed by atoms with van der Waals surface area (Å²) in [6.07, 6.45) is 1.94. The fourth-order valence-corrected chi connectivity index (χ4v) is 2.73. The van der Waals surface area contributed by atoms with Gasteiger partial charge in [0.05, 0.1) is 5.56 Å². The summed E-state index contributed by atoms with van der Waals surface area (Å²) >= 11 is 1.52. The van der Waals surface area contributed by atoms with Gasteiger partial charge in [0.25, 0.3) is 0 Å². The number of fused-ring (bicyclic) bond motifs is 1. The van der Waals surface area contributed by atoms with Crippen molar-refractivity contribution in [1.82, 2.24) is 0 Å². The van der Waals surface area contributed by atoms with Crippen molar-refractivity contribution in [3.8, 4) is 23.0 Å². The van der Waals surface area contributed by atoms with Crippen molar-refractivity contribution in [2.75, 3.05) is 13.0 Å². The van der Waals surface area contributed by atoms with Crippen LogP contribution in [-0.2, 0) is 0 Å². The Labute approximate surface area is 126 Å². The number of nitrogens with two attached hydrogens (primary N) is 1. The van der Waals surface area contributed by atoms with Crippen LogP contribution in [0, 0.1) is 5.41 Å². The molecule has 21 heavy (non-hydrogen) atoms. The summed E-state index contributed by atoms with van der Waals surface area (Å²) in [5, 5.41) is 7.75. The lowest BCUT2D eigenvalue weighted by molar-refractivity contribution is 0.174. The first-order valence-corrected chi connectivity index (χ1v) is 7.50. The molecule has 108 valence electrons. The van der Waals surface area contributed by atoms with Gasteiger partial charge >= 0.3 is 0 Å². The van der Waals surface area contributed by atoms with Gasteiger partial charge in [-0.1, -0.05) is 6.07 Å². The Balaban J connectivity index is 1.96. The van der Waals surface area contributed by atoms with Crippen molar-refractivity contribution in [2.24, 2.45) is 5.73 Å². The SMILES string of the molecule is CSc1cccc(Oc2ccc3c(c2)OCO3)c1C(=N)N. The molecule has 0 unspecified atom stereocenters. The van der Waals surface area contributed by atoms with Gasteiger partial charge in [0.1, 0.15) is 17.3 Å². The van der Waals surface area contributed by atoms with Gasteiger partial charge < -0.3 is 19.9 Å². The number of rotatable bonds is 4. The number of nitrogens with one attached hydrogen (secondary N) is 1. The topological polar surface area (TPSA) is 77.6 Å². The van der Waals surface area contributed by atoms with Crippen molar-refractivity contribution >= 4 is 17.6 Å². The van der Waals surface area contributed by atoms with Gasteiger partial charge in [-0.05, 0) is 30.5 Å². The zero-order valence-corrected chi connectivity index (χ0v) is 12.2. The predicted molar refractivity (Wildman–Crippen MR) is 81.9 cm³/mol. The molecule has 0 amide bonds. The van der Waals surface area contributed by atoms with E-state index in [1.165, 1.54) is 11.8 Å². The minimum Gasteiger partial charge on any atom is -0.456 e. The van der Waals surface area contributed by atoms with Crippen molar-refractivity contribution in [3.63, 3.8) is 0 Å². The van der Waals surface area contributed by atoms with Crippen LogP contribution in [0.2, 0.25) is 0 Å². The summed E-state index contributed by atoms with van der Waals surface area (Å²) in [5.74, 6) is 2.49. The zero-order chi connectivity index (χ0) is 14.8. The summed E-state index contributed by atoms with van der Waals surface area (Å²) in [6, 6.07) is 10.9. The van der Waals surface area contributed by atoms with Crippen LogP contribution in [-0.4, -0.2) is 18.9 Å². The van der Waals surface area contributed by atoms with E-state index in [4.69, 9.17) is 25.4 Å². The lowest BCUT2D eigenvalue weighted by Crippen LogP contribution is -2.13. The van der Waals surface area contributed by atoms with Crippen LogP contribution in [0.15, 0.2) is 41.3 Å². The fraction of sp³-hybridized carbons (Fsp3) is 0.133. The van der Waals surface area contributed by atoms with Gasteiger partial charge in [0.15, 0.2) is 11.5 Å². The van der Waals surface area contributed by atoms with Crippen LogP contribution in [0.1, 0.15) is 5.56 Å². The van der Waals surface area contributed by atoms with E-state index in [1.807, 2.05) is 18.4 Å². The fourth-order valence-electron chi connectivity index (χ4n) is 2.10. The Morgan fingerprint density at radius 1 is 1.24 bits per heavy atom. The molecule has 0 radical (unpaired) electrons. The zero-order valence-electron chi connectivity index (χ0n) is 11.4. The molecule has 0 aliphatic carbocycles. The molecule has 1 aliphatic heterocycles. The van der Waals surface area contributed by atoms with E-state index in [-0.39, 0.29) is 12.6 Å². The number of hydrogen-bond donors (Lipinski definition) is 2. The molecule has 1 heterocycles. The molecule has 3 N–H and O–H groups in total. The van der Waals surface area contributed by atoms with Gasteiger partial charge in [-0.15, -0.1) is 11.8 Å². The molecule has 0 fully saturated rings. The predicted octanol–water partition coefficient (Wildman–Crippen LogP) is 3.21. The van der Waals surface area contributed by atoms with Crippen LogP contribution < -0.4 is 19.9 Å². The maximum absolute atomic E-state index is 7.75. The lowest BCUT2D eigenvalue weighted by atomic mass is 10.2. The summed E-state index contributed by atoms with van der Waals surface area (Å²) in [7, 11) is 0. The van der Waals surface area contributed by atoms with E-state index in [0.29, 0.717) is 28.6 Å². The monoisotopic (exact) mass is 302 g/mol. The number of ether oxygens (including phenoxy) is 3. The number of nitrogen functional groups attached to an aromatic ring is 1. The molecule has 2 aromatic rings. The van der Waals surface area contributed by atoms with E-state index in [2.05, 4.69) is 0 Å². The summed E-state index contributed by atoms with van der Waals surface area (Å²) in [5.41, 5.74) is 6.28. The standard InChI is InChI=1S/C15H14N2O3S/c1-21-13-4-2-3-11(14(13)15(16)17)20-9-5-6-10-12(7-9)19-8-18-10/h2-7H,8H2,1H3,(H3,16,17). The summed E-state index contributed by atoms with van der Waals surface area (Å²) < 4.78 is 16.5. The van der Waals surface area contributed by atoms with Crippen LogP contribution >= 0.6 is 11.8 Å². The molecular weight excluding hydrogens is 288 g/mol. The molecule has 0 saturated heterocycles. The molecule has 3 rings (SSSR count). The summed E-state index contributed by atoms with van der Waals surface area (Å²) in [6.45, 7) is 0.222. The van der Waals surface area contributed by atoms with Crippen molar-refractivity contribution < 1.29 is 14.2 Å². The van der Waals surface area contributed by atoms with E-state index in [0.717, 1.165) is 4.90 Å². The first kappa shape index (κ1) is 13.6. The highest BCUT2D eigenvalue weighted by Crippen LogP contribution is 2.38. The normalized spacial score (nSPS) is 12.2. The first-order chi connectivity index (χ1) is 10.2. The van der Waals surface area contributed by atoms with Crippen LogP contribution in [0.5, 0.6) is 23.0 Å². The molecule has 2 aromatic carbocycles. The lowest BCUT2D eigenvalue weighted by Gasteiger charge is -2.13. The minimum atomic E-state index is -0.0179. The number of benzene rings is 2. The molecule has 1 aliphatic rings. The van der Waals surface area contributed by atoms with E-state index < -0.39 is 0 Å². The maximum Gasteiger partial charge on any atom is 0.231 e. The highest BCUT2D eigenvalue weighted by molar-refractivity contribution is 7.98. The average Bonchev–Trinajstić information content (AvgIpc) is 2.94.